The van der Waals surface area contributed by atoms with Gasteiger partial charge in [-0.25, -0.2) is 4.98 Å². The van der Waals surface area contributed by atoms with Crippen LogP contribution in [0.15, 0.2) is 35.3 Å². The number of carbonyl (C=O) groups is 2. The number of fused-ring (bicyclic) bond motifs is 1. The predicted molar refractivity (Wildman–Crippen MR) is 116 cm³/mol. The Bertz CT molecular complexity index is 1160. The third kappa shape index (κ3) is 3.67. The molecule has 0 spiro atoms. The van der Waals surface area contributed by atoms with Crippen molar-refractivity contribution in [2.45, 2.75) is 33.2 Å². The van der Waals surface area contributed by atoms with Gasteiger partial charge in [0.25, 0.3) is 5.56 Å². The largest absolute Gasteiger partial charge is 0.343 e. The number of imidazole rings is 1. The zero-order valence-electron chi connectivity index (χ0n) is 17.6. The first-order valence-electron chi connectivity index (χ1n) is 10.3. The maximum absolute atomic E-state index is 12.2. The molecule has 1 amide bonds. The molecule has 7 nitrogen and oxygen atoms in total. The van der Waals surface area contributed by atoms with Crippen molar-refractivity contribution in [3.8, 4) is 11.4 Å². The highest BCUT2D eigenvalue weighted by molar-refractivity contribution is 5.87. The van der Waals surface area contributed by atoms with Gasteiger partial charge in [0.1, 0.15) is 12.1 Å². The average Bonchev–Trinajstić information content (AvgIpc) is 3.09. The molecule has 156 valence electrons. The van der Waals surface area contributed by atoms with Crippen LogP contribution in [0.25, 0.3) is 22.4 Å². The molecule has 3 aromatic rings. The van der Waals surface area contributed by atoms with Crippen LogP contribution in [-0.4, -0.2) is 44.3 Å². The first kappa shape index (κ1) is 20.1. The maximum Gasteiger partial charge on any atom is 0.253 e. The number of likely N-dealkylation sites (tertiary alicyclic amines) is 1. The summed E-state index contributed by atoms with van der Waals surface area (Å²) >= 11 is 0. The van der Waals surface area contributed by atoms with Gasteiger partial charge in [0.05, 0.1) is 11.0 Å². The number of aromatic nitrogens is 3. The van der Waals surface area contributed by atoms with Gasteiger partial charge in [-0.2, -0.15) is 0 Å². The number of aldehydes is 1. The zero-order valence-corrected chi connectivity index (χ0v) is 17.6. The molecule has 0 unspecified atom stereocenters. The molecule has 7 heteroatoms. The summed E-state index contributed by atoms with van der Waals surface area (Å²) in [6.07, 6.45) is 4.65. The van der Waals surface area contributed by atoms with Gasteiger partial charge >= 0.3 is 0 Å². The van der Waals surface area contributed by atoms with Crippen molar-refractivity contribution in [1.29, 1.82) is 0 Å². The smallest absolute Gasteiger partial charge is 0.253 e. The van der Waals surface area contributed by atoms with Crippen molar-refractivity contribution < 1.29 is 9.59 Å². The number of hydrogen-bond acceptors (Lipinski definition) is 4. The van der Waals surface area contributed by atoms with Crippen molar-refractivity contribution >= 4 is 23.2 Å². The van der Waals surface area contributed by atoms with Gasteiger partial charge in [-0.3, -0.25) is 14.4 Å². The molecule has 1 saturated heterocycles. The Hall–Kier alpha value is -3.22. The quantitative estimate of drug-likeness (QED) is 0.624. The van der Waals surface area contributed by atoms with Crippen molar-refractivity contribution in [1.82, 2.24) is 19.0 Å². The number of carbonyl (C=O) groups excluding carboxylic acids is 2. The first-order chi connectivity index (χ1) is 14.4. The summed E-state index contributed by atoms with van der Waals surface area (Å²) < 4.78 is 3.71. The van der Waals surface area contributed by atoms with E-state index >= 15 is 0 Å². The maximum atomic E-state index is 12.2. The lowest BCUT2D eigenvalue weighted by Crippen LogP contribution is -2.39. The molecule has 1 aliphatic rings. The average molecular weight is 406 g/mol. The van der Waals surface area contributed by atoms with Crippen LogP contribution < -0.4 is 5.56 Å². The molecule has 1 aromatic carbocycles. The summed E-state index contributed by atoms with van der Waals surface area (Å²) in [4.78, 5) is 42.1. The van der Waals surface area contributed by atoms with E-state index in [1.54, 1.807) is 37.7 Å². The van der Waals surface area contributed by atoms with E-state index in [4.69, 9.17) is 4.98 Å². The topological polar surface area (TPSA) is 77.2 Å². The molecule has 3 heterocycles. The highest BCUT2D eigenvalue weighted by Gasteiger charge is 2.24. The van der Waals surface area contributed by atoms with E-state index in [1.165, 1.54) is 0 Å². The molecule has 1 aliphatic heterocycles. The fourth-order valence-corrected chi connectivity index (χ4v) is 4.38. The lowest BCUT2D eigenvalue weighted by atomic mass is 9.97. The Morgan fingerprint density at radius 3 is 2.80 bits per heavy atom. The summed E-state index contributed by atoms with van der Waals surface area (Å²) in [6.45, 7) is 5.63. The minimum absolute atomic E-state index is 0.0333. The van der Waals surface area contributed by atoms with Crippen LogP contribution in [-0.2, 0) is 18.4 Å². The highest BCUT2D eigenvalue weighted by Crippen LogP contribution is 2.28. The molecular weight excluding hydrogens is 380 g/mol. The van der Waals surface area contributed by atoms with Gasteiger partial charge in [-0.05, 0) is 49.9 Å². The van der Waals surface area contributed by atoms with Crippen LogP contribution in [0.5, 0.6) is 0 Å². The number of amides is 1. The van der Waals surface area contributed by atoms with Crippen LogP contribution in [0.4, 0.5) is 0 Å². The second kappa shape index (κ2) is 7.89. The predicted octanol–water partition coefficient (Wildman–Crippen LogP) is 2.78. The van der Waals surface area contributed by atoms with Crippen molar-refractivity contribution in [3.63, 3.8) is 0 Å². The van der Waals surface area contributed by atoms with Gasteiger partial charge in [0.2, 0.25) is 5.91 Å². The van der Waals surface area contributed by atoms with Crippen LogP contribution in [0.3, 0.4) is 0 Å². The zero-order chi connectivity index (χ0) is 21.4. The molecule has 0 radical (unpaired) electrons. The second-order valence-electron chi connectivity index (χ2n) is 8.21. The van der Waals surface area contributed by atoms with E-state index in [0.29, 0.717) is 30.1 Å². The molecule has 2 aromatic heterocycles. The van der Waals surface area contributed by atoms with Crippen LogP contribution in [0.2, 0.25) is 0 Å². The van der Waals surface area contributed by atoms with E-state index < -0.39 is 0 Å². The van der Waals surface area contributed by atoms with E-state index in [1.807, 2.05) is 23.1 Å². The standard InChI is InChI=1S/C23H26N4O3/c1-15-9-19(13-25(3)23(15)30)22-24-20-7-6-17(14-28)10-21(20)27(22)12-18-5-4-8-26(11-18)16(2)29/h6-7,9-10,13-14,18H,4-5,8,11-12H2,1-3H3/t18-/m1/s1. The Morgan fingerprint density at radius 2 is 2.10 bits per heavy atom. The molecule has 0 aliphatic carbocycles. The Balaban J connectivity index is 1.83. The molecule has 1 fully saturated rings. The van der Waals surface area contributed by atoms with Gasteiger partial charge < -0.3 is 14.0 Å². The first-order valence-corrected chi connectivity index (χ1v) is 10.3. The number of nitrogens with zero attached hydrogens (tertiary/aromatic N) is 4. The normalized spacial score (nSPS) is 16.8. The van der Waals surface area contributed by atoms with Crippen LogP contribution in [0.1, 0.15) is 35.7 Å². The van der Waals surface area contributed by atoms with Crippen LogP contribution >= 0.6 is 0 Å². The number of piperidine rings is 1. The number of aryl methyl sites for hydroxylation is 2. The van der Waals surface area contributed by atoms with Gasteiger partial charge in [-0.1, -0.05) is 0 Å². The molecule has 0 bridgehead atoms. The van der Waals surface area contributed by atoms with Crippen molar-refractivity contribution in [3.05, 3.63) is 51.9 Å². The minimum atomic E-state index is -0.0333. The molecule has 4 rings (SSSR count). The summed E-state index contributed by atoms with van der Waals surface area (Å²) in [5.41, 5.74) is 3.78. The van der Waals surface area contributed by atoms with Gasteiger partial charge in [0, 0.05) is 56.5 Å². The lowest BCUT2D eigenvalue weighted by Gasteiger charge is -2.32. The molecule has 0 saturated carbocycles. The lowest BCUT2D eigenvalue weighted by molar-refractivity contribution is -0.130. The van der Waals surface area contributed by atoms with E-state index in [9.17, 15) is 14.4 Å². The number of pyridine rings is 1. The van der Waals surface area contributed by atoms with Crippen LogP contribution in [0, 0.1) is 12.8 Å². The Kier molecular flexibility index (Phi) is 5.28. The second-order valence-corrected chi connectivity index (χ2v) is 8.21. The number of benzene rings is 1. The molecular formula is C23H26N4O3. The minimum Gasteiger partial charge on any atom is -0.343 e. The van der Waals surface area contributed by atoms with Gasteiger partial charge in [-0.15, -0.1) is 0 Å². The SMILES string of the molecule is CC(=O)N1CCC[C@@H](Cn2c(-c3cc(C)c(=O)n(C)c3)nc3ccc(C=O)cc32)C1. The summed E-state index contributed by atoms with van der Waals surface area (Å²) in [5, 5.41) is 0. The van der Waals surface area contributed by atoms with E-state index in [2.05, 4.69) is 4.57 Å². The highest BCUT2D eigenvalue weighted by atomic mass is 16.2. The fraction of sp³-hybridized carbons (Fsp3) is 0.391. The van der Waals surface area contributed by atoms with E-state index in [0.717, 1.165) is 48.1 Å². The molecule has 30 heavy (non-hydrogen) atoms. The van der Waals surface area contributed by atoms with Gasteiger partial charge in [0.15, 0.2) is 0 Å². The third-order valence-electron chi connectivity index (χ3n) is 5.93. The van der Waals surface area contributed by atoms with Crippen molar-refractivity contribution in [2.75, 3.05) is 13.1 Å². The molecule has 1 atom stereocenters. The summed E-state index contributed by atoms with van der Waals surface area (Å²) in [7, 11) is 1.74. The monoisotopic (exact) mass is 406 g/mol. The molecule has 0 N–H and O–H groups in total. The Labute approximate surface area is 174 Å². The van der Waals surface area contributed by atoms with Crippen molar-refractivity contribution in [2.24, 2.45) is 13.0 Å². The fourth-order valence-electron chi connectivity index (χ4n) is 4.38. The summed E-state index contributed by atoms with van der Waals surface area (Å²) in [6, 6.07) is 7.35. The third-order valence-corrected chi connectivity index (χ3v) is 5.93. The number of rotatable bonds is 4. The van der Waals surface area contributed by atoms with E-state index in [-0.39, 0.29) is 11.5 Å². The summed E-state index contributed by atoms with van der Waals surface area (Å²) in [5.74, 6) is 1.17. The number of hydrogen-bond donors (Lipinski definition) is 0. The Morgan fingerprint density at radius 1 is 1.30 bits per heavy atom.